The molecule has 3 aliphatic rings. The zero-order chi connectivity index (χ0) is 40.7. The number of piperidine rings is 1. The molecular weight excluding hydrogens is 741 g/mol. The SMILES string of the molecule is CC1(C)C2=CCC(c3ccc4c5c6ccccc6ccc5n(-c5ccc(-c6nc(-c7ccccc7)c7ccccc7n6)cc5)c4c3)C=C2N(c2ccccc2)C2C=CC=CC21. The minimum atomic E-state index is -0.00138. The Kier molecular flexibility index (Phi) is 8.11. The molecule has 3 unspecified atom stereocenters. The second kappa shape index (κ2) is 13.9. The molecule has 1 aliphatic heterocycles. The van der Waals surface area contributed by atoms with Crippen molar-refractivity contribution in [2.75, 3.05) is 4.90 Å². The third-order valence-corrected chi connectivity index (χ3v) is 13.6. The summed E-state index contributed by atoms with van der Waals surface area (Å²) in [6.45, 7) is 4.87. The van der Waals surface area contributed by atoms with Gasteiger partial charge in [-0.25, -0.2) is 9.97 Å². The van der Waals surface area contributed by atoms with Gasteiger partial charge in [-0.2, -0.15) is 0 Å². The van der Waals surface area contributed by atoms with Crippen molar-refractivity contribution >= 4 is 49.2 Å². The molecule has 7 aromatic carbocycles. The van der Waals surface area contributed by atoms with E-state index in [-0.39, 0.29) is 17.4 Å². The Balaban J connectivity index is 1.00. The van der Waals surface area contributed by atoms with Crippen LogP contribution in [0.15, 0.2) is 212 Å². The van der Waals surface area contributed by atoms with Gasteiger partial charge in [-0.15, -0.1) is 0 Å². The molecule has 292 valence electrons. The molecule has 3 atom stereocenters. The Morgan fingerprint density at radius 2 is 1.33 bits per heavy atom. The van der Waals surface area contributed by atoms with Crippen LogP contribution >= 0.6 is 0 Å². The van der Waals surface area contributed by atoms with Crippen molar-refractivity contribution in [3.05, 3.63) is 217 Å². The first-order valence-electron chi connectivity index (χ1n) is 21.5. The molecule has 0 radical (unpaired) electrons. The summed E-state index contributed by atoms with van der Waals surface area (Å²) in [6, 6.07) is 59.3. The molecule has 12 rings (SSSR count). The van der Waals surface area contributed by atoms with E-state index in [1.165, 1.54) is 55.1 Å². The van der Waals surface area contributed by atoms with E-state index >= 15 is 0 Å². The molecular formula is C57H44N4. The highest BCUT2D eigenvalue weighted by Gasteiger charge is 2.47. The Bertz CT molecular complexity index is 3310. The van der Waals surface area contributed by atoms with E-state index in [0.717, 1.165) is 45.7 Å². The van der Waals surface area contributed by atoms with E-state index in [1.54, 1.807) is 0 Å². The summed E-state index contributed by atoms with van der Waals surface area (Å²) >= 11 is 0. The molecule has 0 spiro atoms. The second-order valence-corrected chi connectivity index (χ2v) is 17.3. The van der Waals surface area contributed by atoms with Gasteiger partial charge in [-0.1, -0.05) is 159 Å². The number of hydrogen-bond donors (Lipinski definition) is 0. The number of hydrogen-bond acceptors (Lipinski definition) is 3. The van der Waals surface area contributed by atoms with Crippen molar-refractivity contribution in [3.63, 3.8) is 0 Å². The lowest BCUT2D eigenvalue weighted by molar-refractivity contribution is 0.268. The predicted molar refractivity (Wildman–Crippen MR) is 254 cm³/mol. The van der Waals surface area contributed by atoms with Crippen LogP contribution in [-0.2, 0) is 0 Å². The average molecular weight is 785 g/mol. The van der Waals surface area contributed by atoms with Gasteiger partial charge in [-0.05, 0) is 88.3 Å². The lowest BCUT2D eigenvalue weighted by Crippen LogP contribution is -2.52. The Hall–Kier alpha value is -7.30. The summed E-state index contributed by atoms with van der Waals surface area (Å²) in [4.78, 5) is 12.8. The second-order valence-electron chi connectivity index (χ2n) is 17.3. The fourth-order valence-corrected chi connectivity index (χ4v) is 10.6. The van der Waals surface area contributed by atoms with Crippen LogP contribution in [-0.4, -0.2) is 20.6 Å². The van der Waals surface area contributed by atoms with Crippen LogP contribution in [0, 0.1) is 11.3 Å². The molecule has 0 amide bonds. The van der Waals surface area contributed by atoms with Crippen molar-refractivity contribution in [1.29, 1.82) is 0 Å². The Morgan fingerprint density at radius 3 is 2.16 bits per heavy atom. The summed E-state index contributed by atoms with van der Waals surface area (Å²) in [5.74, 6) is 1.32. The van der Waals surface area contributed by atoms with Gasteiger partial charge in [0, 0.05) is 56.2 Å². The van der Waals surface area contributed by atoms with E-state index in [0.29, 0.717) is 5.92 Å². The normalized spacial score (nSPS) is 19.2. The zero-order valence-electron chi connectivity index (χ0n) is 34.3. The number of benzene rings is 7. The fourth-order valence-electron chi connectivity index (χ4n) is 10.6. The van der Waals surface area contributed by atoms with Crippen LogP contribution in [0.5, 0.6) is 0 Å². The van der Waals surface area contributed by atoms with Crippen LogP contribution < -0.4 is 4.90 Å². The first-order chi connectivity index (χ1) is 30.0. The average Bonchev–Trinajstić information content (AvgIpc) is 3.66. The summed E-state index contributed by atoms with van der Waals surface area (Å²) in [6.07, 6.45) is 15.3. The van der Waals surface area contributed by atoms with Crippen molar-refractivity contribution in [2.45, 2.75) is 32.2 Å². The highest BCUT2D eigenvalue weighted by atomic mass is 15.2. The van der Waals surface area contributed by atoms with E-state index in [2.05, 4.69) is 211 Å². The molecule has 2 aromatic heterocycles. The van der Waals surface area contributed by atoms with Crippen molar-refractivity contribution < 1.29 is 0 Å². The summed E-state index contributed by atoms with van der Waals surface area (Å²) in [7, 11) is 0. The van der Waals surface area contributed by atoms with Crippen LogP contribution in [0.3, 0.4) is 0 Å². The van der Waals surface area contributed by atoms with Crippen molar-refractivity contribution in [2.24, 2.45) is 11.3 Å². The number of rotatable bonds is 5. The quantitative estimate of drug-likeness (QED) is 0.174. The molecule has 0 N–H and O–H groups in total. The first kappa shape index (κ1) is 35.6. The topological polar surface area (TPSA) is 34.0 Å². The van der Waals surface area contributed by atoms with Gasteiger partial charge in [0.15, 0.2) is 5.82 Å². The molecule has 2 aliphatic carbocycles. The minimum absolute atomic E-state index is 0.00138. The van der Waals surface area contributed by atoms with Gasteiger partial charge in [-0.3, -0.25) is 0 Å². The third-order valence-electron chi connectivity index (χ3n) is 13.6. The summed E-state index contributed by atoms with van der Waals surface area (Å²) in [5, 5.41) is 6.11. The highest BCUT2D eigenvalue weighted by Crippen LogP contribution is 2.54. The van der Waals surface area contributed by atoms with E-state index in [9.17, 15) is 0 Å². The molecule has 1 fully saturated rings. The van der Waals surface area contributed by atoms with Gasteiger partial charge < -0.3 is 9.47 Å². The molecule has 0 bridgehead atoms. The Morgan fingerprint density at radius 1 is 0.590 bits per heavy atom. The van der Waals surface area contributed by atoms with Crippen LogP contribution in [0.1, 0.15) is 31.7 Å². The number of allylic oxidation sites excluding steroid dienone is 5. The standard InChI is InChI=1S/C57H44N4/c1-57(2)47-22-12-14-24-50(47)60(42-18-7-4-8-19-42)53-36-41(28-33-48(53)57)40-27-32-46-52(35-40)61(51-34-29-37-15-9-10-20-44(37)54(46)51)43-30-25-39(26-31-43)56-58-49-23-13-11-21-45(49)55(59-56)38-16-5-3-6-17-38/h3-27,29-36,41,47,50H,28H2,1-2H3. The minimum Gasteiger partial charge on any atom is -0.334 e. The lowest BCUT2D eigenvalue weighted by Gasteiger charge is -2.53. The fraction of sp³-hybridized carbons (Fsp3) is 0.123. The maximum Gasteiger partial charge on any atom is 0.160 e. The first-order valence-corrected chi connectivity index (χ1v) is 21.5. The largest absolute Gasteiger partial charge is 0.334 e. The molecule has 1 saturated heterocycles. The monoisotopic (exact) mass is 784 g/mol. The molecule has 9 aromatic rings. The molecule has 0 saturated carbocycles. The van der Waals surface area contributed by atoms with Crippen LogP contribution in [0.4, 0.5) is 5.69 Å². The van der Waals surface area contributed by atoms with Gasteiger partial charge >= 0.3 is 0 Å². The predicted octanol–water partition coefficient (Wildman–Crippen LogP) is 14.2. The van der Waals surface area contributed by atoms with Gasteiger partial charge in [0.05, 0.1) is 28.3 Å². The number of aromatic nitrogens is 3. The highest BCUT2D eigenvalue weighted by molar-refractivity contribution is 6.21. The molecule has 4 heteroatoms. The van der Waals surface area contributed by atoms with E-state index in [4.69, 9.17) is 9.97 Å². The van der Waals surface area contributed by atoms with Crippen LogP contribution in [0.25, 0.3) is 71.8 Å². The number of fused-ring (bicyclic) bond motifs is 8. The lowest BCUT2D eigenvalue weighted by atomic mass is 9.62. The van der Waals surface area contributed by atoms with Crippen LogP contribution in [0.2, 0.25) is 0 Å². The van der Waals surface area contributed by atoms with Gasteiger partial charge in [0.25, 0.3) is 0 Å². The zero-order valence-corrected chi connectivity index (χ0v) is 34.3. The van der Waals surface area contributed by atoms with Crippen molar-refractivity contribution in [1.82, 2.24) is 14.5 Å². The number of para-hydroxylation sites is 2. The third kappa shape index (κ3) is 5.66. The molecule has 61 heavy (non-hydrogen) atoms. The summed E-state index contributed by atoms with van der Waals surface area (Å²) < 4.78 is 2.46. The molecule has 3 heterocycles. The number of anilines is 1. The maximum absolute atomic E-state index is 5.18. The van der Waals surface area contributed by atoms with E-state index in [1.807, 2.05) is 12.1 Å². The van der Waals surface area contributed by atoms with Gasteiger partial charge in [0.1, 0.15) is 0 Å². The Labute approximate surface area is 356 Å². The molecule has 4 nitrogen and oxygen atoms in total. The van der Waals surface area contributed by atoms with Crippen molar-refractivity contribution in [3.8, 4) is 28.3 Å². The van der Waals surface area contributed by atoms with E-state index < -0.39 is 0 Å². The smallest absolute Gasteiger partial charge is 0.160 e. The van der Waals surface area contributed by atoms with Gasteiger partial charge in [0.2, 0.25) is 0 Å². The summed E-state index contributed by atoms with van der Waals surface area (Å²) in [5.41, 5.74) is 12.8. The maximum atomic E-state index is 5.18. The number of nitrogens with zero attached hydrogens (tertiary/aromatic N) is 4.